The van der Waals surface area contributed by atoms with E-state index in [0.717, 1.165) is 17.7 Å². The normalized spacial score (nSPS) is 16.0. The zero-order valence-electron chi connectivity index (χ0n) is 13.6. The number of amides is 1. The molecule has 1 aliphatic rings. The Bertz CT molecular complexity index is 764. The molecule has 0 aliphatic carbocycles. The zero-order chi connectivity index (χ0) is 17.1. The smallest absolute Gasteiger partial charge is 0.255 e. The number of fused-ring (bicyclic) bond motifs is 1. The van der Waals surface area contributed by atoms with Gasteiger partial charge in [-0.3, -0.25) is 4.79 Å². The third-order valence-corrected chi connectivity index (χ3v) is 4.06. The molecule has 1 atom stereocenters. The van der Waals surface area contributed by atoms with Crippen molar-refractivity contribution in [2.75, 3.05) is 19.0 Å². The molecule has 1 amide bonds. The van der Waals surface area contributed by atoms with Gasteiger partial charge in [0, 0.05) is 5.69 Å². The summed E-state index contributed by atoms with van der Waals surface area (Å²) in [5, 5.41) is 6.67. The van der Waals surface area contributed by atoms with Crippen LogP contribution < -0.4 is 20.1 Å². The molecule has 126 valence electrons. The van der Waals surface area contributed by atoms with Gasteiger partial charge in [0.1, 0.15) is 6.17 Å². The second kappa shape index (κ2) is 7.01. The summed E-state index contributed by atoms with van der Waals surface area (Å²) >= 11 is 6.36. The van der Waals surface area contributed by atoms with Gasteiger partial charge in [0.25, 0.3) is 5.91 Å². The van der Waals surface area contributed by atoms with Gasteiger partial charge >= 0.3 is 0 Å². The molecule has 24 heavy (non-hydrogen) atoms. The van der Waals surface area contributed by atoms with Crippen LogP contribution in [0.25, 0.3) is 0 Å². The van der Waals surface area contributed by atoms with E-state index in [1.807, 2.05) is 31.2 Å². The fraction of sp³-hybridized carbons (Fsp3) is 0.278. The first-order valence-electron chi connectivity index (χ1n) is 7.80. The molecule has 2 N–H and O–H groups in total. The molecular weight excluding hydrogens is 328 g/mol. The summed E-state index contributed by atoms with van der Waals surface area (Å²) < 4.78 is 11.1. The fourth-order valence-corrected chi connectivity index (χ4v) is 2.90. The lowest BCUT2D eigenvalue weighted by molar-refractivity contribution is 0.0935. The van der Waals surface area contributed by atoms with Crippen molar-refractivity contribution < 1.29 is 14.3 Å². The maximum Gasteiger partial charge on any atom is 0.255 e. The summed E-state index contributed by atoms with van der Waals surface area (Å²) in [6, 6.07) is 11.0. The highest BCUT2D eigenvalue weighted by Gasteiger charge is 2.26. The van der Waals surface area contributed by atoms with Gasteiger partial charge in [-0.15, -0.1) is 0 Å². The number of carbonyl (C=O) groups excluding carboxylic acids is 1. The molecule has 0 unspecified atom stereocenters. The van der Waals surface area contributed by atoms with Gasteiger partial charge < -0.3 is 20.1 Å². The number of halogens is 1. The third kappa shape index (κ3) is 3.12. The molecule has 0 aromatic heterocycles. The van der Waals surface area contributed by atoms with E-state index >= 15 is 0 Å². The molecule has 0 saturated heterocycles. The van der Waals surface area contributed by atoms with E-state index in [9.17, 15) is 4.79 Å². The van der Waals surface area contributed by atoms with E-state index in [0.29, 0.717) is 28.7 Å². The van der Waals surface area contributed by atoms with E-state index in [1.165, 1.54) is 0 Å². The van der Waals surface area contributed by atoms with Crippen LogP contribution in [0.1, 0.15) is 35.4 Å². The summed E-state index contributed by atoms with van der Waals surface area (Å²) in [6.45, 7) is 2.58. The van der Waals surface area contributed by atoms with Crippen LogP contribution in [-0.2, 0) is 0 Å². The van der Waals surface area contributed by atoms with Gasteiger partial charge in [0.2, 0.25) is 0 Å². The van der Waals surface area contributed by atoms with Crippen molar-refractivity contribution >= 4 is 23.2 Å². The van der Waals surface area contributed by atoms with Gasteiger partial charge in [-0.05, 0) is 36.2 Å². The van der Waals surface area contributed by atoms with Crippen LogP contribution in [0.3, 0.4) is 0 Å². The SMILES string of the molecule is CCCOc1c(Cl)cc([C@@H]2NC(=O)c3ccccc3N2)cc1OC. The first kappa shape index (κ1) is 16.5. The topological polar surface area (TPSA) is 59.6 Å². The highest BCUT2D eigenvalue weighted by atomic mass is 35.5. The lowest BCUT2D eigenvalue weighted by atomic mass is 10.1. The minimum atomic E-state index is -0.390. The maximum absolute atomic E-state index is 12.3. The average molecular weight is 347 g/mol. The third-order valence-electron chi connectivity index (χ3n) is 3.78. The number of methoxy groups -OCH3 is 1. The highest BCUT2D eigenvalue weighted by Crippen LogP contribution is 2.39. The van der Waals surface area contributed by atoms with Gasteiger partial charge in [-0.2, -0.15) is 0 Å². The number of anilines is 1. The molecule has 1 aliphatic heterocycles. The molecule has 1 heterocycles. The van der Waals surface area contributed by atoms with Crippen molar-refractivity contribution in [3.63, 3.8) is 0 Å². The molecular formula is C18H19ClN2O3. The fourth-order valence-electron chi connectivity index (χ4n) is 2.62. The van der Waals surface area contributed by atoms with Crippen molar-refractivity contribution in [2.24, 2.45) is 0 Å². The number of hydrogen-bond donors (Lipinski definition) is 2. The van der Waals surface area contributed by atoms with Crippen molar-refractivity contribution in [1.82, 2.24) is 5.32 Å². The summed E-state index contributed by atoms with van der Waals surface area (Å²) in [7, 11) is 1.57. The Morgan fingerprint density at radius 1 is 1.21 bits per heavy atom. The zero-order valence-corrected chi connectivity index (χ0v) is 14.3. The van der Waals surface area contributed by atoms with E-state index in [2.05, 4.69) is 10.6 Å². The molecule has 0 bridgehead atoms. The quantitative estimate of drug-likeness (QED) is 0.859. The van der Waals surface area contributed by atoms with Gasteiger partial charge in [-0.1, -0.05) is 30.7 Å². The van der Waals surface area contributed by atoms with E-state index in [4.69, 9.17) is 21.1 Å². The summed E-state index contributed by atoms with van der Waals surface area (Å²) in [5.74, 6) is 0.934. The number of para-hydroxylation sites is 1. The first-order valence-corrected chi connectivity index (χ1v) is 8.18. The van der Waals surface area contributed by atoms with Crippen molar-refractivity contribution in [2.45, 2.75) is 19.5 Å². The monoisotopic (exact) mass is 346 g/mol. The number of hydrogen-bond acceptors (Lipinski definition) is 4. The Hall–Kier alpha value is -2.40. The Balaban J connectivity index is 1.93. The molecule has 0 fully saturated rings. The van der Waals surface area contributed by atoms with Crippen LogP contribution in [0.15, 0.2) is 36.4 Å². The lowest BCUT2D eigenvalue weighted by Gasteiger charge is -2.28. The molecule has 3 rings (SSSR count). The Kier molecular flexibility index (Phi) is 4.81. The van der Waals surface area contributed by atoms with Crippen molar-refractivity contribution in [3.05, 3.63) is 52.5 Å². The maximum atomic E-state index is 12.3. The van der Waals surface area contributed by atoms with E-state index in [1.54, 1.807) is 19.2 Å². The van der Waals surface area contributed by atoms with Crippen LogP contribution in [-0.4, -0.2) is 19.6 Å². The van der Waals surface area contributed by atoms with Crippen LogP contribution in [0.2, 0.25) is 5.02 Å². The van der Waals surface area contributed by atoms with E-state index < -0.39 is 0 Å². The minimum Gasteiger partial charge on any atom is -0.493 e. The predicted octanol–water partition coefficient (Wildman–Crippen LogP) is 3.99. The molecule has 2 aromatic carbocycles. The van der Waals surface area contributed by atoms with Gasteiger partial charge in [0.05, 0.1) is 24.3 Å². The Morgan fingerprint density at radius 3 is 2.75 bits per heavy atom. The number of carbonyl (C=O) groups is 1. The van der Waals surface area contributed by atoms with Crippen LogP contribution in [0.4, 0.5) is 5.69 Å². The molecule has 0 saturated carbocycles. The minimum absolute atomic E-state index is 0.129. The average Bonchev–Trinajstić information content (AvgIpc) is 2.60. The van der Waals surface area contributed by atoms with Crippen LogP contribution in [0.5, 0.6) is 11.5 Å². The number of benzene rings is 2. The Labute approximate surface area is 145 Å². The van der Waals surface area contributed by atoms with E-state index in [-0.39, 0.29) is 12.1 Å². The molecule has 2 aromatic rings. The van der Waals surface area contributed by atoms with Crippen molar-refractivity contribution in [1.29, 1.82) is 0 Å². The van der Waals surface area contributed by atoms with Gasteiger partial charge in [0.15, 0.2) is 11.5 Å². The summed E-state index contributed by atoms with van der Waals surface area (Å²) in [5.41, 5.74) is 2.20. The highest BCUT2D eigenvalue weighted by molar-refractivity contribution is 6.32. The van der Waals surface area contributed by atoms with Crippen LogP contribution >= 0.6 is 11.6 Å². The Morgan fingerprint density at radius 2 is 2.00 bits per heavy atom. The second-order valence-corrected chi connectivity index (χ2v) is 5.89. The molecule has 0 radical (unpaired) electrons. The predicted molar refractivity (Wildman–Crippen MR) is 94.1 cm³/mol. The number of ether oxygens (including phenoxy) is 2. The lowest BCUT2D eigenvalue weighted by Crippen LogP contribution is -2.38. The van der Waals surface area contributed by atoms with Gasteiger partial charge in [-0.25, -0.2) is 0 Å². The number of rotatable bonds is 5. The van der Waals surface area contributed by atoms with Crippen molar-refractivity contribution in [3.8, 4) is 11.5 Å². The summed E-state index contributed by atoms with van der Waals surface area (Å²) in [4.78, 5) is 12.3. The van der Waals surface area contributed by atoms with Crippen LogP contribution in [0, 0.1) is 0 Å². The summed E-state index contributed by atoms with van der Waals surface area (Å²) in [6.07, 6.45) is 0.483. The number of nitrogens with one attached hydrogen (secondary N) is 2. The molecule has 6 heteroatoms. The largest absolute Gasteiger partial charge is 0.493 e. The standard InChI is InChI=1S/C18H19ClN2O3/c1-3-8-24-16-13(19)9-11(10-15(16)23-2)17-20-14-7-5-4-6-12(14)18(22)21-17/h4-7,9-10,17,20H,3,8H2,1-2H3,(H,21,22)/t17-/m0/s1. The first-order chi connectivity index (χ1) is 11.6. The molecule has 0 spiro atoms. The second-order valence-electron chi connectivity index (χ2n) is 5.48. The molecule has 5 nitrogen and oxygen atoms in total.